The molecule has 0 spiro atoms. The molecule has 5 heteroatoms. The summed E-state index contributed by atoms with van der Waals surface area (Å²) in [5, 5.41) is 8.00. The summed E-state index contributed by atoms with van der Waals surface area (Å²) in [7, 11) is 0. The molecule has 0 saturated heterocycles. The molecule has 0 amide bonds. The van der Waals surface area contributed by atoms with Crippen LogP contribution in [0, 0.1) is 13.8 Å². The van der Waals surface area contributed by atoms with Gasteiger partial charge in [-0.2, -0.15) is 5.10 Å². The summed E-state index contributed by atoms with van der Waals surface area (Å²) >= 11 is 6.08. The van der Waals surface area contributed by atoms with Crippen LogP contribution in [0.4, 0.5) is 0 Å². The summed E-state index contributed by atoms with van der Waals surface area (Å²) in [6.45, 7) is 3.61. The van der Waals surface area contributed by atoms with Gasteiger partial charge in [0.2, 0.25) is 0 Å². The Balaban J connectivity index is 2.28. The number of nitrogens with zero attached hydrogens (tertiary/aromatic N) is 1. The highest BCUT2D eigenvalue weighted by atomic mass is 35.5. The number of para-hydroxylation sites is 1. The molecular weight excluding hydrogens is 264 g/mol. The minimum atomic E-state index is -0.185. The maximum absolute atomic E-state index is 11.5. The number of aromatic amines is 1. The van der Waals surface area contributed by atoms with Crippen LogP contribution < -0.4 is 5.56 Å². The molecule has 3 aromatic rings. The highest BCUT2D eigenvalue weighted by Crippen LogP contribution is 2.32. The second-order valence-electron chi connectivity index (χ2n) is 4.42. The van der Waals surface area contributed by atoms with Gasteiger partial charge < -0.3 is 4.42 Å². The van der Waals surface area contributed by atoms with E-state index in [0.29, 0.717) is 27.6 Å². The lowest BCUT2D eigenvalue weighted by Crippen LogP contribution is -2.14. The van der Waals surface area contributed by atoms with Crippen molar-refractivity contribution in [3.8, 4) is 11.5 Å². The van der Waals surface area contributed by atoms with Crippen LogP contribution in [0.15, 0.2) is 33.5 Å². The molecule has 0 fully saturated rings. The standard InChI is InChI=1S/C14H11ClN2O2/c1-7-8(2)14(18)17-16-12(7)11-6-9-4-3-5-10(15)13(9)19-11/h3-6H,1-2H3,(H,17,18). The normalized spacial score (nSPS) is 11.1. The number of benzene rings is 1. The molecule has 4 nitrogen and oxygen atoms in total. The molecule has 0 aliphatic heterocycles. The van der Waals surface area contributed by atoms with Gasteiger partial charge in [-0.3, -0.25) is 4.79 Å². The number of furan rings is 1. The Kier molecular flexibility index (Phi) is 2.68. The summed E-state index contributed by atoms with van der Waals surface area (Å²) in [5.41, 5.74) is 2.51. The molecule has 2 heterocycles. The van der Waals surface area contributed by atoms with E-state index < -0.39 is 0 Å². The van der Waals surface area contributed by atoms with E-state index in [1.807, 2.05) is 25.1 Å². The smallest absolute Gasteiger partial charge is 0.267 e. The summed E-state index contributed by atoms with van der Waals surface area (Å²) in [6.07, 6.45) is 0. The molecule has 0 aliphatic rings. The number of rotatable bonds is 1. The molecule has 0 unspecified atom stereocenters. The van der Waals surface area contributed by atoms with E-state index in [9.17, 15) is 4.79 Å². The van der Waals surface area contributed by atoms with Crippen molar-refractivity contribution in [3.05, 3.63) is 50.8 Å². The topological polar surface area (TPSA) is 58.9 Å². The third kappa shape index (κ3) is 1.85. The number of halogens is 1. The highest BCUT2D eigenvalue weighted by molar-refractivity contribution is 6.34. The summed E-state index contributed by atoms with van der Waals surface area (Å²) in [5.74, 6) is 0.597. The van der Waals surface area contributed by atoms with Gasteiger partial charge in [-0.25, -0.2) is 5.10 Å². The van der Waals surface area contributed by atoms with Gasteiger partial charge in [0.25, 0.3) is 5.56 Å². The number of H-pyrrole nitrogens is 1. The van der Waals surface area contributed by atoms with E-state index in [0.717, 1.165) is 10.9 Å². The SMILES string of the molecule is Cc1c(-c2cc3cccc(Cl)c3o2)n[nH]c(=O)c1C. The van der Waals surface area contributed by atoms with Crippen LogP contribution in [0.1, 0.15) is 11.1 Å². The summed E-state index contributed by atoms with van der Waals surface area (Å²) in [6, 6.07) is 7.42. The van der Waals surface area contributed by atoms with E-state index in [1.165, 1.54) is 0 Å². The fourth-order valence-electron chi connectivity index (χ4n) is 2.01. The zero-order chi connectivity index (χ0) is 13.6. The van der Waals surface area contributed by atoms with Gasteiger partial charge in [0.05, 0.1) is 5.02 Å². The first-order valence-electron chi connectivity index (χ1n) is 5.82. The lowest BCUT2D eigenvalue weighted by Gasteiger charge is -2.02. The van der Waals surface area contributed by atoms with Crippen LogP contribution >= 0.6 is 11.6 Å². The van der Waals surface area contributed by atoms with E-state index in [2.05, 4.69) is 10.2 Å². The Morgan fingerprint density at radius 1 is 1.26 bits per heavy atom. The molecule has 1 N–H and O–H groups in total. The lowest BCUT2D eigenvalue weighted by molar-refractivity contribution is 0.625. The third-order valence-corrected chi connectivity index (χ3v) is 3.55. The van der Waals surface area contributed by atoms with Gasteiger partial charge in [-0.1, -0.05) is 23.7 Å². The van der Waals surface area contributed by atoms with Crippen LogP contribution in [-0.2, 0) is 0 Å². The highest BCUT2D eigenvalue weighted by Gasteiger charge is 2.14. The number of fused-ring (bicyclic) bond motifs is 1. The van der Waals surface area contributed by atoms with Crippen molar-refractivity contribution in [3.63, 3.8) is 0 Å². The van der Waals surface area contributed by atoms with Gasteiger partial charge in [-0.15, -0.1) is 0 Å². The first-order valence-corrected chi connectivity index (χ1v) is 6.20. The molecule has 96 valence electrons. The van der Waals surface area contributed by atoms with Crippen LogP contribution in [0.3, 0.4) is 0 Å². The fourth-order valence-corrected chi connectivity index (χ4v) is 2.23. The van der Waals surface area contributed by atoms with Gasteiger partial charge in [0.15, 0.2) is 11.3 Å². The maximum Gasteiger partial charge on any atom is 0.267 e. The average molecular weight is 275 g/mol. The Morgan fingerprint density at radius 3 is 2.79 bits per heavy atom. The lowest BCUT2D eigenvalue weighted by atomic mass is 10.1. The van der Waals surface area contributed by atoms with Gasteiger partial charge >= 0.3 is 0 Å². The van der Waals surface area contributed by atoms with Crippen molar-refractivity contribution in [1.29, 1.82) is 0 Å². The zero-order valence-corrected chi connectivity index (χ0v) is 11.2. The molecule has 1 aromatic carbocycles. The van der Waals surface area contributed by atoms with Crippen LogP contribution in [-0.4, -0.2) is 10.2 Å². The zero-order valence-electron chi connectivity index (χ0n) is 10.5. The minimum absolute atomic E-state index is 0.185. The molecule has 0 bridgehead atoms. The second kappa shape index (κ2) is 4.24. The van der Waals surface area contributed by atoms with Crippen molar-refractivity contribution in [2.24, 2.45) is 0 Å². The first kappa shape index (κ1) is 12.0. The number of hydrogen-bond acceptors (Lipinski definition) is 3. The predicted octanol–water partition coefficient (Wildman–Crippen LogP) is 3.45. The number of nitrogens with one attached hydrogen (secondary N) is 1. The molecule has 19 heavy (non-hydrogen) atoms. The second-order valence-corrected chi connectivity index (χ2v) is 4.83. The van der Waals surface area contributed by atoms with Crippen molar-refractivity contribution in [2.45, 2.75) is 13.8 Å². The molecule has 0 radical (unpaired) electrons. The minimum Gasteiger partial charge on any atom is -0.453 e. The molecule has 3 rings (SSSR count). The predicted molar refractivity (Wildman–Crippen MR) is 74.5 cm³/mol. The quantitative estimate of drug-likeness (QED) is 0.739. The summed E-state index contributed by atoms with van der Waals surface area (Å²) in [4.78, 5) is 11.5. The average Bonchev–Trinajstić information content (AvgIpc) is 2.81. The first-order chi connectivity index (χ1) is 9.08. The van der Waals surface area contributed by atoms with Crippen LogP contribution in [0.5, 0.6) is 0 Å². The number of hydrogen-bond donors (Lipinski definition) is 1. The van der Waals surface area contributed by atoms with Crippen molar-refractivity contribution >= 4 is 22.6 Å². The van der Waals surface area contributed by atoms with Gasteiger partial charge in [-0.05, 0) is 31.5 Å². The Bertz CT molecular complexity index is 833. The fraction of sp³-hybridized carbons (Fsp3) is 0.143. The third-order valence-electron chi connectivity index (χ3n) is 3.26. The van der Waals surface area contributed by atoms with Gasteiger partial charge in [0, 0.05) is 10.9 Å². The monoisotopic (exact) mass is 274 g/mol. The van der Waals surface area contributed by atoms with Crippen molar-refractivity contribution < 1.29 is 4.42 Å². The molecular formula is C14H11ClN2O2. The van der Waals surface area contributed by atoms with E-state index in [4.69, 9.17) is 16.0 Å². The number of aromatic nitrogens is 2. The van der Waals surface area contributed by atoms with Crippen LogP contribution in [0.25, 0.3) is 22.4 Å². The van der Waals surface area contributed by atoms with Crippen LogP contribution in [0.2, 0.25) is 5.02 Å². The molecule has 0 aliphatic carbocycles. The molecule has 0 saturated carbocycles. The van der Waals surface area contributed by atoms with E-state index in [-0.39, 0.29) is 5.56 Å². The van der Waals surface area contributed by atoms with Crippen molar-refractivity contribution in [1.82, 2.24) is 10.2 Å². The molecule has 2 aromatic heterocycles. The largest absolute Gasteiger partial charge is 0.453 e. The maximum atomic E-state index is 11.5. The Labute approximate surface area is 114 Å². The van der Waals surface area contributed by atoms with E-state index in [1.54, 1.807) is 13.0 Å². The molecule has 0 atom stereocenters. The van der Waals surface area contributed by atoms with E-state index >= 15 is 0 Å². The Morgan fingerprint density at radius 2 is 2.05 bits per heavy atom. The van der Waals surface area contributed by atoms with Crippen molar-refractivity contribution in [2.75, 3.05) is 0 Å². The summed E-state index contributed by atoms with van der Waals surface area (Å²) < 4.78 is 5.74. The Hall–Kier alpha value is -2.07. The van der Waals surface area contributed by atoms with Gasteiger partial charge in [0.1, 0.15) is 5.69 Å².